The van der Waals surface area contributed by atoms with E-state index in [1.807, 2.05) is 11.0 Å². The van der Waals surface area contributed by atoms with Crippen LogP contribution in [-0.4, -0.2) is 33.6 Å². The molecule has 1 N–H and O–H groups in total. The molecule has 0 bridgehead atoms. The van der Waals surface area contributed by atoms with Crippen LogP contribution in [0.2, 0.25) is 0 Å². The van der Waals surface area contributed by atoms with Crippen LogP contribution in [0.3, 0.4) is 0 Å². The van der Waals surface area contributed by atoms with Gasteiger partial charge in [0.2, 0.25) is 0 Å². The van der Waals surface area contributed by atoms with Crippen LogP contribution in [0.15, 0.2) is 12.4 Å². The summed E-state index contributed by atoms with van der Waals surface area (Å²) in [7, 11) is 0. The minimum Gasteiger partial charge on any atom is -0.480 e. The summed E-state index contributed by atoms with van der Waals surface area (Å²) in [4.78, 5) is 22.2. The van der Waals surface area contributed by atoms with Gasteiger partial charge in [-0.15, -0.1) is 0 Å². The normalized spacial score (nSPS) is 28.6. The standard InChI is InChI=1S/C15H21N3O2/c1-2-4-11-7-13(17-9-16-11)18-8-10-5-3-6-12(10)14(18)15(19)20/h7,9-10,12,14H,2-6,8H2,1H3,(H,19,20). The molecule has 3 unspecified atom stereocenters. The maximum absolute atomic E-state index is 11.7. The zero-order valence-electron chi connectivity index (χ0n) is 11.8. The maximum Gasteiger partial charge on any atom is 0.326 e. The Labute approximate surface area is 119 Å². The summed E-state index contributed by atoms with van der Waals surface area (Å²) in [6, 6.07) is 1.55. The van der Waals surface area contributed by atoms with Crippen molar-refractivity contribution in [2.24, 2.45) is 11.8 Å². The lowest BCUT2D eigenvalue weighted by Crippen LogP contribution is -2.40. The van der Waals surface area contributed by atoms with Gasteiger partial charge in [0.25, 0.3) is 0 Å². The molecule has 108 valence electrons. The highest BCUT2D eigenvalue weighted by Crippen LogP contribution is 2.43. The second-order valence-corrected chi connectivity index (χ2v) is 5.91. The number of carboxylic acid groups (broad SMARTS) is 1. The van der Waals surface area contributed by atoms with E-state index in [1.54, 1.807) is 6.33 Å². The van der Waals surface area contributed by atoms with Crippen LogP contribution in [0.5, 0.6) is 0 Å². The number of nitrogens with zero attached hydrogens (tertiary/aromatic N) is 3. The molecule has 2 aliphatic rings. The Hall–Kier alpha value is -1.65. The first kappa shape index (κ1) is 13.3. The second kappa shape index (κ2) is 5.38. The van der Waals surface area contributed by atoms with E-state index in [2.05, 4.69) is 16.9 Å². The zero-order chi connectivity index (χ0) is 14.1. The van der Waals surface area contributed by atoms with Crippen molar-refractivity contribution in [1.29, 1.82) is 0 Å². The first-order valence-electron chi connectivity index (χ1n) is 7.51. The number of fused-ring (bicyclic) bond motifs is 1. The summed E-state index contributed by atoms with van der Waals surface area (Å²) < 4.78 is 0. The Kier molecular flexibility index (Phi) is 3.59. The van der Waals surface area contributed by atoms with E-state index in [9.17, 15) is 9.90 Å². The van der Waals surface area contributed by atoms with Gasteiger partial charge in [-0.25, -0.2) is 14.8 Å². The highest BCUT2D eigenvalue weighted by atomic mass is 16.4. The monoisotopic (exact) mass is 275 g/mol. The third-order valence-electron chi connectivity index (χ3n) is 4.65. The Morgan fingerprint density at radius 1 is 1.45 bits per heavy atom. The van der Waals surface area contributed by atoms with Gasteiger partial charge < -0.3 is 10.0 Å². The van der Waals surface area contributed by atoms with E-state index in [1.165, 1.54) is 0 Å². The predicted molar refractivity (Wildman–Crippen MR) is 75.6 cm³/mol. The molecule has 5 heteroatoms. The number of rotatable bonds is 4. The number of aliphatic carboxylic acids is 1. The van der Waals surface area contributed by atoms with Gasteiger partial charge in [-0.3, -0.25) is 0 Å². The van der Waals surface area contributed by atoms with Crippen LogP contribution in [0.4, 0.5) is 5.82 Å². The molecule has 1 aromatic heterocycles. The number of carbonyl (C=O) groups is 1. The van der Waals surface area contributed by atoms with E-state index in [-0.39, 0.29) is 5.92 Å². The molecule has 2 fully saturated rings. The van der Waals surface area contributed by atoms with E-state index in [0.717, 1.165) is 50.2 Å². The second-order valence-electron chi connectivity index (χ2n) is 5.91. The van der Waals surface area contributed by atoms with Crippen molar-refractivity contribution >= 4 is 11.8 Å². The zero-order valence-corrected chi connectivity index (χ0v) is 11.8. The first-order chi connectivity index (χ1) is 9.70. The van der Waals surface area contributed by atoms with Crippen LogP contribution < -0.4 is 4.90 Å². The van der Waals surface area contributed by atoms with Crippen LogP contribution in [-0.2, 0) is 11.2 Å². The number of carboxylic acids is 1. The smallest absolute Gasteiger partial charge is 0.326 e. The first-order valence-corrected chi connectivity index (χ1v) is 7.51. The van der Waals surface area contributed by atoms with Crippen molar-refractivity contribution < 1.29 is 9.90 Å². The van der Waals surface area contributed by atoms with Crippen LogP contribution in [0.25, 0.3) is 0 Å². The summed E-state index contributed by atoms with van der Waals surface area (Å²) in [5.74, 6) is 0.873. The molecule has 1 saturated carbocycles. The number of aromatic nitrogens is 2. The molecular weight excluding hydrogens is 254 g/mol. The molecule has 0 radical (unpaired) electrons. The fraction of sp³-hybridized carbons (Fsp3) is 0.667. The molecule has 1 aliphatic carbocycles. The average Bonchev–Trinajstić information content (AvgIpc) is 2.98. The average molecular weight is 275 g/mol. The molecule has 20 heavy (non-hydrogen) atoms. The Morgan fingerprint density at radius 2 is 2.30 bits per heavy atom. The van der Waals surface area contributed by atoms with E-state index in [0.29, 0.717) is 5.92 Å². The highest BCUT2D eigenvalue weighted by Gasteiger charge is 2.48. The molecule has 2 heterocycles. The fourth-order valence-corrected chi connectivity index (χ4v) is 3.79. The molecule has 1 saturated heterocycles. The minimum absolute atomic E-state index is 0.289. The summed E-state index contributed by atoms with van der Waals surface area (Å²) in [5.41, 5.74) is 0.999. The number of aryl methyl sites for hydroxylation is 1. The van der Waals surface area contributed by atoms with E-state index >= 15 is 0 Å². The minimum atomic E-state index is -0.713. The van der Waals surface area contributed by atoms with E-state index in [4.69, 9.17) is 0 Å². The van der Waals surface area contributed by atoms with Gasteiger partial charge in [0.05, 0.1) is 0 Å². The van der Waals surface area contributed by atoms with E-state index < -0.39 is 12.0 Å². The number of hydrogen-bond donors (Lipinski definition) is 1. The summed E-state index contributed by atoms with van der Waals surface area (Å²) >= 11 is 0. The summed E-state index contributed by atoms with van der Waals surface area (Å²) in [5, 5.41) is 9.58. The quantitative estimate of drug-likeness (QED) is 0.911. The van der Waals surface area contributed by atoms with Crippen molar-refractivity contribution in [1.82, 2.24) is 9.97 Å². The van der Waals surface area contributed by atoms with Gasteiger partial charge in [0.1, 0.15) is 18.2 Å². The third kappa shape index (κ3) is 2.25. The van der Waals surface area contributed by atoms with Crippen LogP contribution >= 0.6 is 0 Å². The lowest BCUT2D eigenvalue weighted by Gasteiger charge is -2.25. The van der Waals surface area contributed by atoms with Gasteiger partial charge in [-0.1, -0.05) is 19.8 Å². The highest BCUT2D eigenvalue weighted by molar-refractivity contribution is 5.79. The Morgan fingerprint density at radius 3 is 3.05 bits per heavy atom. The predicted octanol–water partition coefficient (Wildman–Crippen LogP) is 2.12. The van der Waals surface area contributed by atoms with Gasteiger partial charge >= 0.3 is 5.97 Å². The molecular formula is C15H21N3O2. The van der Waals surface area contributed by atoms with Crippen LogP contribution in [0.1, 0.15) is 38.3 Å². The summed E-state index contributed by atoms with van der Waals surface area (Å²) in [6.45, 7) is 2.94. The molecule has 0 spiro atoms. The number of hydrogen-bond acceptors (Lipinski definition) is 4. The molecule has 5 nitrogen and oxygen atoms in total. The number of anilines is 1. The molecule has 0 amide bonds. The van der Waals surface area contributed by atoms with Crippen molar-refractivity contribution in [3.8, 4) is 0 Å². The third-order valence-corrected chi connectivity index (χ3v) is 4.65. The summed E-state index contributed by atoms with van der Waals surface area (Å²) in [6.07, 6.45) is 6.85. The van der Waals surface area contributed by atoms with Gasteiger partial charge in [-0.05, 0) is 31.1 Å². The molecule has 1 aliphatic heterocycles. The van der Waals surface area contributed by atoms with Crippen molar-refractivity contribution in [2.75, 3.05) is 11.4 Å². The van der Waals surface area contributed by atoms with Crippen molar-refractivity contribution in [3.05, 3.63) is 18.1 Å². The van der Waals surface area contributed by atoms with Crippen molar-refractivity contribution in [3.63, 3.8) is 0 Å². The van der Waals surface area contributed by atoms with Crippen LogP contribution in [0, 0.1) is 11.8 Å². The SMILES string of the molecule is CCCc1cc(N2CC3CCCC3C2C(=O)O)ncn1. The largest absolute Gasteiger partial charge is 0.480 e. The lowest BCUT2D eigenvalue weighted by atomic mass is 9.94. The van der Waals surface area contributed by atoms with Gasteiger partial charge in [-0.2, -0.15) is 0 Å². The van der Waals surface area contributed by atoms with Crippen molar-refractivity contribution in [2.45, 2.75) is 45.1 Å². The lowest BCUT2D eigenvalue weighted by molar-refractivity contribution is -0.139. The fourth-order valence-electron chi connectivity index (χ4n) is 3.79. The molecule has 1 aromatic rings. The van der Waals surface area contributed by atoms with Gasteiger partial charge in [0, 0.05) is 18.3 Å². The molecule has 0 aromatic carbocycles. The Bertz CT molecular complexity index is 506. The molecule has 3 rings (SSSR count). The molecule has 3 atom stereocenters. The topological polar surface area (TPSA) is 66.3 Å². The van der Waals surface area contributed by atoms with Gasteiger partial charge in [0.15, 0.2) is 0 Å². The Balaban J connectivity index is 1.88. The maximum atomic E-state index is 11.7.